The predicted molar refractivity (Wildman–Crippen MR) is 61.8 cm³/mol. The van der Waals surface area contributed by atoms with Crippen molar-refractivity contribution < 1.29 is 0 Å². The summed E-state index contributed by atoms with van der Waals surface area (Å²) in [6.45, 7) is 4.95. The van der Waals surface area contributed by atoms with Crippen molar-refractivity contribution in [1.29, 1.82) is 0 Å². The van der Waals surface area contributed by atoms with Crippen molar-refractivity contribution in [2.75, 3.05) is 38.1 Å². The van der Waals surface area contributed by atoms with Crippen LogP contribution in [0.5, 0.6) is 0 Å². The lowest BCUT2D eigenvalue weighted by molar-refractivity contribution is 0.312. The first-order valence-electron chi connectivity index (χ1n) is 5.37. The lowest BCUT2D eigenvalue weighted by Gasteiger charge is -2.34. The van der Waals surface area contributed by atoms with Crippen LogP contribution in [-0.4, -0.2) is 43.1 Å². The van der Waals surface area contributed by atoms with E-state index in [2.05, 4.69) is 27.9 Å². The van der Waals surface area contributed by atoms with Gasteiger partial charge >= 0.3 is 0 Å². The van der Waals surface area contributed by atoms with Crippen LogP contribution >= 0.6 is 0 Å². The van der Waals surface area contributed by atoms with Gasteiger partial charge in [0.15, 0.2) is 0 Å². The molecule has 0 amide bonds. The smallest absolute Gasteiger partial charge is 0.0443 e. The quantitative estimate of drug-likeness (QED) is 0.755. The van der Waals surface area contributed by atoms with Gasteiger partial charge in [-0.15, -0.1) is 0 Å². The van der Waals surface area contributed by atoms with Crippen molar-refractivity contribution in [3.63, 3.8) is 0 Å². The molecule has 1 saturated heterocycles. The highest BCUT2D eigenvalue weighted by molar-refractivity contribution is 5.52. The van der Waals surface area contributed by atoms with Crippen LogP contribution < -0.4 is 10.6 Å². The summed E-state index contributed by atoms with van der Waals surface area (Å²) in [6.07, 6.45) is 3.71. The number of nitrogens with zero attached hydrogens (tertiary/aromatic N) is 3. The first-order valence-corrected chi connectivity index (χ1v) is 5.37. The molecule has 4 heteroatoms. The molecular weight excluding hydrogens is 188 g/mol. The van der Waals surface area contributed by atoms with E-state index >= 15 is 0 Å². The molecule has 2 N–H and O–H groups in total. The maximum absolute atomic E-state index is 5.71. The fourth-order valence-electron chi connectivity index (χ4n) is 1.93. The molecule has 0 saturated carbocycles. The second-order valence-corrected chi connectivity index (χ2v) is 4.00. The van der Waals surface area contributed by atoms with Crippen molar-refractivity contribution >= 4 is 5.69 Å². The Morgan fingerprint density at radius 1 is 1.33 bits per heavy atom. The number of aromatic nitrogens is 1. The minimum absolute atomic E-state index is 0.565. The molecule has 0 atom stereocenters. The van der Waals surface area contributed by atoms with Crippen LogP contribution in [0.2, 0.25) is 0 Å². The third kappa shape index (κ3) is 2.27. The molecule has 1 aromatic rings. The molecule has 1 fully saturated rings. The van der Waals surface area contributed by atoms with Gasteiger partial charge in [-0.1, -0.05) is 0 Å². The van der Waals surface area contributed by atoms with Crippen molar-refractivity contribution in [3.8, 4) is 0 Å². The number of rotatable bonds is 2. The number of anilines is 1. The molecule has 0 unspecified atom stereocenters. The summed E-state index contributed by atoms with van der Waals surface area (Å²) in [5, 5.41) is 0. The number of nitrogens with two attached hydrogens (primary N) is 1. The zero-order valence-electron chi connectivity index (χ0n) is 9.19. The van der Waals surface area contributed by atoms with E-state index in [0.29, 0.717) is 6.54 Å². The Hall–Kier alpha value is -1.13. The highest BCUT2D eigenvalue weighted by atomic mass is 15.2. The fraction of sp³-hybridized carbons (Fsp3) is 0.545. The van der Waals surface area contributed by atoms with Crippen molar-refractivity contribution in [1.82, 2.24) is 9.88 Å². The summed E-state index contributed by atoms with van der Waals surface area (Å²) in [5.74, 6) is 0. The SMILES string of the molecule is CN1CCN(c2ccncc2CN)CC1. The van der Waals surface area contributed by atoms with Gasteiger partial charge in [0.1, 0.15) is 0 Å². The number of pyridine rings is 1. The zero-order chi connectivity index (χ0) is 10.7. The summed E-state index contributed by atoms with van der Waals surface area (Å²) in [4.78, 5) is 8.85. The molecule has 15 heavy (non-hydrogen) atoms. The molecule has 2 rings (SSSR count). The third-order valence-corrected chi connectivity index (χ3v) is 2.94. The Morgan fingerprint density at radius 3 is 2.73 bits per heavy atom. The maximum Gasteiger partial charge on any atom is 0.0443 e. The fourth-order valence-corrected chi connectivity index (χ4v) is 1.93. The first kappa shape index (κ1) is 10.4. The van der Waals surface area contributed by atoms with Gasteiger partial charge in [0.2, 0.25) is 0 Å². The number of hydrogen-bond acceptors (Lipinski definition) is 4. The van der Waals surface area contributed by atoms with E-state index in [9.17, 15) is 0 Å². The molecule has 2 heterocycles. The van der Waals surface area contributed by atoms with Crippen LogP contribution in [0.15, 0.2) is 18.5 Å². The third-order valence-electron chi connectivity index (χ3n) is 2.94. The summed E-state index contributed by atoms with van der Waals surface area (Å²) in [7, 11) is 2.16. The van der Waals surface area contributed by atoms with Gasteiger partial charge in [-0.05, 0) is 13.1 Å². The number of piperazine rings is 1. The van der Waals surface area contributed by atoms with Crippen LogP contribution in [0, 0.1) is 0 Å². The van der Waals surface area contributed by atoms with E-state index in [1.54, 1.807) is 0 Å². The lowest BCUT2D eigenvalue weighted by Crippen LogP contribution is -2.44. The van der Waals surface area contributed by atoms with E-state index in [1.165, 1.54) is 5.69 Å². The minimum Gasteiger partial charge on any atom is -0.369 e. The van der Waals surface area contributed by atoms with Gasteiger partial charge in [0.25, 0.3) is 0 Å². The van der Waals surface area contributed by atoms with Crippen LogP contribution in [-0.2, 0) is 6.54 Å². The van der Waals surface area contributed by atoms with E-state index in [0.717, 1.165) is 31.7 Å². The predicted octanol–water partition coefficient (Wildman–Crippen LogP) is 0.292. The van der Waals surface area contributed by atoms with Gasteiger partial charge in [0.05, 0.1) is 0 Å². The molecule has 4 nitrogen and oxygen atoms in total. The minimum atomic E-state index is 0.565. The van der Waals surface area contributed by atoms with Gasteiger partial charge < -0.3 is 15.5 Å². The summed E-state index contributed by atoms with van der Waals surface area (Å²) in [6, 6.07) is 2.06. The molecule has 0 spiro atoms. The Kier molecular flexibility index (Phi) is 3.18. The van der Waals surface area contributed by atoms with E-state index in [4.69, 9.17) is 5.73 Å². The number of likely N-dealkylation sites (N-methyl/N-ethyl adjacent to an activating group) is 1. The second-order valence-electron chi connectivity index (χ2n) is 4.00. The van der Waals surface area contributed by atoms with Gasteiger partial charge in [-0.25, -0.2) is 0 Å². The first-order chi connectivity index (χ1) is 7.31. The summed E-state index contributed by atoms with van der Waals surface area (Å²) >= 11 is 0. The number of hydrogen-bond donors (Lipinski definition) is 1. The Bertz CT molecular complexity index is 318. The van der Waals surface area contributed by atoms with E-state index in [-0.39, 0.29) is 0 Å². The lowest BCUT2D eigenvalue weighted by atomic mass is 10.2. The molecule has 0 aromatic carbocycles. The van der Waals surface area contributed by atoms with Crippen molar-refractivity contribution in [3.05, 3.63) is 24.0 Å². The van der Waals surface area contributed by atoms with Crippen LogP contribution in [0.4, 0.5) is 5.69 Å². The zero-order valence-corrected chi connectivity index (χ0v) is 9.19. The molecule has 0 bridgehead atoms. The van der Waals surface area contributed by atoms with Crippen LogP contribution in [0.1, 0.15) is 5.56 Å². The molecular formula is C11H18N4. The Labute approximate surface area is 90.7 Å². The highest BCUT2D eigenvalue weighted by Crippen LogP contribution is 2.19. The monoisotopic (exact) mass is 206 g/mol. The largest absolute Gasteiger partial charge is 0.369 e. The van der Waals surface area contributed by atoms with Crippen LogP contribution in [0.3, 0.4) is 0 Å². The molecule has 1 aliphatic heterocycles. The molecule has 1 aliphatic rings. The molecule has 1 aromatic heterocycles. The van der Waals surface area contributed by atoms with Gasteiger partial charge in [-0.3, -0.25) is 4.98 Å². The Morgan fingerprint density at radius 2 is 2.07 bits per heavy atom. The Balaban J connectivity index is 2.15. The standard InChI is InChI=1S/C11H18N4/c1-14-4-6-15(7-5-14)11-2-3-13-9-10(11)8-12/h2-3,9H,4-8,12H2,1H3. The van der Waals surface area contributed by atoms with Crippen molar-refractivity contribution in [2.24, 2.45) is 5.73 Å². The normalized spacial score (nSPS) is 18.1. The highest BCUT2D eigenvalue weighted by Gasteiger charge is 2.16. The average Bonchev–Trinajstić information content (AvgIpc) is 2.30. The maximum atomic E-state index is 5.71. The molecule has 0 aliphatic carbocycles. The van der Waals surface area contributed by atoms with Crippen molar-refractivity contribution in [2.45, 2.75) is 6.54 Å². The summed E-state index contributed by atoms with van der Waals surface area (Å²) < 4.78 is 0. The van der Waals surface area contributed by atoms with E-state index < -0.39 is 0 Å². The average molecular weight is 206 g/mol. The summed E-state index contributed by atoms with van der Waals surface area (Å²) in [5.41, 5.74) is 8.10. The molecule has 0 radical (unpaired) electrons. The molecule has 82 valence electrons. The van der Waals surface area contributed by atoms with Crippen LogP contribution in [0.25, 0.3) is 0 Å². The van der Waals surface area contributed by atoms with E-state index in [1.807, 2.05) is 12.4 Å². The second kappa shape index (κ2) is 4.59. The van der Waals surface area contributed by atoms with Gasteiger partial charge in [-0.2, -0.15) is 0 Å². The van der Waals surface area contributed by atoms with Gasteiger partial charge in [0, 0.05) is 56.4 Å². The topological polar surface area (TPSA) is 45.4 Å².